The van der Waals surface area contributed by atoms with Crippen LogP contribution in [0.2, 0.25) is 0 Å². The van der Waals surface area contributed by atoms with E-state index in [1.54, 1.807) is 0 Å². The van der Waals surface area contributed by atoms with Crippen molar-refractivity contribution in [2.24, 2.45) is 0 Å². The normalized spacial score (nSPS) is 10.1. The lowest BCUT2D eigenvalue weighted by atomic mass is 10.0. The van der Waals surface area contributed by atoms with E-state index in [9.17, 15) is 5.26 Å². The van der Waals surface area contributed by atoms with E-state index in [0.29, 0.717) is 11.3 Å². The van der Waals surface area contributed by atoms with Crippen molar-refractivity contribution in [1.29, 1.82) is 5.26 Å². The molecule has 102 valence electrons. The Labute approximate surface area is 131 Å². The van der Waals surface area contributed by atoms with Crippen molar-refractivity contribution < 1.29 is 4.74 Å². The summed E-state index contributed by atoms with van der Waals surface area (Å²) in [4.78, 5) is 0. The number of nitriles is 1. The zero-order chi connectivity index (χ0) is 14.5. The van der Waals surface area contributed by atoms with Crippen molar-refractivity contribution in [3.8, 4) is 17.7 Å². The Morgan fingerprint density at radius 2 is 1.95 bits per heavy atom. The number of ether oxygens (including phenoxy) is 1. The molecule has 1 heterocycles. The summed E-state index contributed by atoms with van der Waals surface area (Å²) in [7, 11) is 0. The van der Waals surface area contributed by atoms with Crippen LogP contribution in [0.25, 0.3) is 0 Å². The first-order chi connectivity index (χ1) is 9.71. The van der Waals surface area contributed by atoms with Crippen LogP contribution in [0.3, 0.4) is 0 Å². The van der Waals surface area contributed by atoms with Gasteiger partial charge in [0.25, 0.3) is 5.88 Å². The van der Waals surface area contributed by atoms with Gasteiger partial charge in [0.1, 0.15) is 17.4 Å². The molecule has 2 aromatic rings. The molecule has 2 rings (SSSR count). The molecule has 5 heteroatoms. The van der Waals surface area contributed by atoms with Gasteiger partial charge in [-0.3, -0.25) is 0 Å². The fourth-order valence-corrected chi connectivity index (χ4v) is 2.47. The van der Waals surface area contributed by atoms with E-state index in [2.05, 4.69) is 38.9 Å². The molecule has 0 atom stereocenters. The summed E-state index contributed by atoms with van der Waals surface area (Å²) in [5, 5.41) is 17.6. The lowest BCUT2D eigenvalue weighted by Crippen LogP contribution is -2.05. The number of halogens is 1. The Morgan fingerprint density at radius 3 is 2.55 bits per heavy atom. The lowest BCUT2D eigenvalue weighted by molar-refractivity contribution is 0.448. The summed E-state index contributed by atoms with van der Waals surface area (Å²) in [5.74, 6) is 0.968. The second kappa shape index (κ2) is 6.66. The third-order valence-electron chi connectivity index (χ3n) is 2.97. The van der Waals surface area contributed by atoms with Gasteiger partial charge in [0.15, 0.2) is 0 Å². The van der Waals surface area contributed by atoms with Crippen LogP contribution in [0.1, 0.15) is 30.7 Å². The van der Waals surface area contributed by atoms with Crippen LogP contribution in [-0.2, 0) is 12.8 Å². The second-order valence-corrected chi connectivity index (χ2v) is 5.32. The van der Waals surface area contributed by atoms with Gasteiger partial charge in [-0.1, -0.05) is 26.0 Å². The van der Waals surface area contributed by atoms with Crippen LogP contribution in [0.4, 0.5) is 0 Å². The van der Waals surface area contributed by atoms with Crippen LogP contribution in [0, 0.1) is 14.9 Å². The van der Waals surface area contributed by atoms with Crippen LogP contribution in [-0.4, -0.2) is 10.2 Å². The Balaban J connectivity index is 2.48. The number of benzene rings is 1. The number of hydrogen-bond donors (Lipinski definition) is 0. The molecular formula is C15H14IN3O. The van der Waals surface area contributed by atoms with Gasteiger partial charge in [0.2, 0.25) is 0 Å². The number of nitrogens with zero attached hydrogens (tertiary/aromatic N) is 3. The molecule has 1 aromatic carbocycles. The Morgan fingerprint density at radius 1 is 1.20 bits per heavy atom. The van der Waals surface area contributed by atoms with Crippen molar-refractivity contribution in [2.45, 2.75) is 26.7 Å². The van der Waals surface area contributed by atoms with E-state index >= 15 is 0 Å². The molecule has 0 aliphatic carbocycles. The predicted octanol–water partition coefficient (Wildman–Crippen LogP) is 3.87. The highest BCUT2D eigenvalue weighted by Crippen LogP contribution is 2.29. The van der Waals surface area contributed by atoms with Gasteiger partial charge in [0, 0.05) is 0 Å². The highest BCUT2D eigenvalue weighted by atomic mass is 127. The van der Waals surface area contributed by atoms with E-state index in [0.717, 1.165) is 27.7 Å². The molecule has 20 heavy (non-hydrogen) atoms. The van der Waals surface area contributed by atoms with Gasteiger partial charge in [-0.05, 0) is 53.1 Å². The maximum atomic E-state index is 9.40. The molecular weight excluding hydrogens is 365 g/mol. The Hall–Kier alpha value is -1.68. The maximum absolute atomic E-state index is 9.40. The molecule has 0 bridgehead atoms. The zero-order valence-corrected chi connectivity index (χ0v) is 13.5. The van der Waals surface area contributed by atoms with Crippen molar-refractivity contribution in [2.75, 3.05) is 0 Å². The van der Waals surface area contributed by atoms with E-state index in [1.807, 2.05) is 38.1 Å². The average Bonchev–Trinajstić information content (AvgIpc) is 2.48. The minimum Gasteiger partial charge on any atom is -0.435 e. The first-order valence-electron chi connectivity index (χ1n) is 6.42. The molecule has 0 unspecified atom stereocenters. The molecule has 0 aliphatic rings. The highest BCUT2D eigenvalue weighted by molar-refractivity contribution is 14.1. The molecule has 0 amide bonds. The molecule has 0 saturated heterocycles. The third-order valence-corrected chi connectivity index (χ3v) is 3.86. The first kappa shape index (κ1) is 14.7. The predicted molar refractivity (Wildman–Crippen MR) is 84.7 cm³/mol. The van der Waals surface area contributed by atoms with Crippen LogP contribution in [0.15, 0.2) is 24.3 Å². The first-order valence-corrected chi connectivity index (χ1v) is 7.50. The molecule has 0 spiro atoms. The smallest absolute Gasteiger partial charge is 0.257 e. The van der Waals surface area contributed by atoms with Crippen molar-refractivity contribution in [3.05, 3.63) is 44.7 Å². The minimum absolute atomic E-state index is 0.283. The summed E-state index contributed by atoms with van der Waals surface area (Å²) in [6.45, 7) is 4.01. The Kier molecular flexibility index (Phi) is 4.90. The highest BCUT2D eigenvalue weighted by Gasteiger charge is 2.16. The minimum atomic E-state index is 0.283. The number of rotatable bonds is 4. The topological polar surface area (TPSA) is 58.8 Å². The lowest BCUT2D eigenvalue weighted by Gasteiger charge is -2.11. The molecule has 1 aromatic heterocycles. The zero-order valence-electron chi connectivity index (χ0n) is 11.4. The number of hydrogen-bond acceptors (Lipinski definition) is 4. The fraction of sp³-hybridized carbons (Fsp3) is 0.267. The quantitative estimate of drug-likeness (QED) is 0.757. The van der Waals surface area contributed by atoms with Crippen molar-refractivity contribution in [1.82, 2.24) is 10.2 Å². The molecule has 0 N–H and O–H groups in total. The number of aryl methyl sites for hydroxylation is 1. The number of para-hydroxylation sites is 1. The van der Waals surface area contributed by atoms with Crippen molar-refractivity contribution in [3.63, 3.8) is 0 Å². The van der Waals surface area contributed by atoms with E-state index < -0.39 is 0 Å². The van der Waals surface area contributed by atoms with E-state index in [-0.39, 0.29) is 5.88 Å². The molecule has 0 radical (unpaired) electrons. The van der Waals surface area contributed by atoms with Crippen molar-refractivity contribution >= 4 is 22.6 Å². The Bertz CT molecular complexity index is 665. The van der Waals surface area contributed by atoms with E-state index in [4.69, 9.17) is 4.74 Å². The fourth-order valence-electron chi connectivity index (χ4n) is 1.97. The molecule has 0 aliphatic heterocycles. The van der Waals surface area contributed by atoms with Gasteiger partial charge < -0.3 is 4.74 Å². The van der Waals surface area contributed by atoms with Gasteiger partial charge in [-0.2, -0.15) is 10.4 Å². The van der Waals surface area contributed by atoms with Gasteiger partial charge in [-0.15, -0.1) is 5.10 Å². The van der Waals surface area contributed by atoms with Crippen LogP contribution >= 0.6 is 22.6 Å². The number of aromatic nitrogens is 2. The summed E-state index contributed by atoms with van der Waals surface area (Å²) >= 11 is 2.19. The maximum Gasteiger partial charge on any atom is 0.257 e. The van der Waals surface area contributed by atoms with Gasteiger partial charge >= 0.3 is 0 Å². The monoisotopic (exact) mass is 379 g/mol. The third kappa shape index (κ3) is 2.90. The molecule has 4 nitrogen and oxygen atoms in total. The summed E-state index contributed by atoms with van der Waals surface area (Å²) in [6, 6.07) is 9.81. The SMILES string of the molecule is CCc1nnc(Oc2ccccc2I)c(C#N)c1CC. The second-order valence-electron chi connectivity index (χ2n) is 4.16. The van der Waals surface area contributed by atoms with Crippen LogP contribution in [0.5, 0.6) is 11.6 Å². The van der Waals surface area contributed by atoms with Gasteiger partial charge in [-0.25, -0.2) is 0 Å². The van der Waals surface area contributed by atoms with Gasteiger partial charge in [0.05, 0.1) is 9.26 Å². The van der Waals surface area contributed by atoms with E-state index in [1.165, 1.54) is 0 Å². The summed E-state index contributed by atoms with van der Waals surface area (Å²) in [5.41, 5.74) is 2.27. The standard InChI is InChI=1S/C15H14IN3O/c1-3-10-11(9-17)15(19-18-13(10)4-2)20-14-8-6-5-7-12(14)16/h5-8H,3-4H2,1-2H3. The summed E-state index contributed by atoms with van der Waals surface area (Å²) < 4.78 is 6.74. The molecule has 0 fully saturated rings. The summed E-state index contributed by atoms with van der Waals surface area (Å²) in [6.07, 6.45) is 1.50. The average molecular weight is 379 g/mol. The molecule has 0 saturated carbocycles. The van der Waals surface area contributed by atoms with Crippen LogP contribution < -0.4 is 4.74 Å². The largest absolute Gasteiger partial charge is 0.435 e.